The van der Waals surface area contributed by atoms with Crippen molar-refractivity contribution in [1.29, 1.82) is 0 Å². The Bertz CT molecular complexity index is 719. The van der Waals surface area contributed by atoms with Crippen LogP contribution in [0, 0.1) is 5.92 Å². The number of hydrogen-bond donors (Lipinski definition) is 1. The SMILES string of the molecule is O=C(N[C@H](C(=O)N1C[C@H](Cl)[C@H]2OCC(=O)[C@H]21)C1CCCCC1)c1cnco1. The minimum atomic E-state index is -0.723. The topological polar surface area (TPSA) is 102 Å². The maximum atomic E-state index is 13.4. The maximum Gasteiger partial charge on any atom is 0.289 e. The molecule has 4 atom stereocenters. The fraction of sp³-hybridized carbons (Fsp3) is 0.667. The summed E-state index contributed by atoms with van der Waals surface area (Å²) in [4.78, 5) is 43.4. The van der Waals surface area contributed by atoms with E-state index in [0.29, 0.717) is 0 Å². The summed E-state index contributed by atoms with van der Waals surface area (Å²) in [5.41, 5.74) is 0. The first-order chi connectivity index (χ1) is 13.1. The van der Waals surface area contributed by atoms with Gasteiger partial charge in [0.1, 0.15) is 24.8 Å². The van der Waals surface area contributed by atoms with Crippen LogP contribution in [0.2, 0.25) is 0 Å². The van der Waals surface area contributed by atoms with Gasteiger partial charge in [-0.25, -0.2) is 4.98 Å². The zero-order valence-electron chi connectivity index (χ0n) is 14.8. The molecular formula is C18H22ClN3O5. The third-order valence-electron chi connectivity index (χ3n) is 5.74. The van der Waals surface area contributed by atoms with Crippen molar-refractivity contribution in [2.75, 3.05) is 13.2 Å². The Balaban J connectivity index is 1.56. The number of aromatic nitrogens is 1. The summed E-state index contributed by atoms with van der Waals surface area (Å²) in [6.07, 6.45) is 6.86. The van der Waals surface area contributed by atoms with Crippen LogP contribution in [0.5, 0.6) is 0 Å². The molecule has 2 amide bonds. The van der Waals surface area contributed by atoms with E-state index in [1.165, 1.54) is 17.5 Å². The van der Waals surface area contributed by atoms with Crippen molar-refractivity contribution >= 4 is 29.2 Å². The van der Waals surface area contributed by atoms with Gasteiger partial charge in [0.15, 0.2) is 12.2 Å². The molecule has 3 fully saturated rings. The summed E-state index contributed by atoms with van der Waals surface area (Å²) in [6.45, 7) is 0.212. The Morgan fingerprint density at radius 2 is 2.07 bits per heavy atom. The summed E-state index contributed by atoms with van der Waals surface area (Å²) >= 11 is 6.31. The van der Waals surface area contributed by atoms with E-state index in [1.807, 2.05) is 0 Å². The molecule has 0 aromatic carbocycles. The van der Waals surface area contributed by atoms with Gasteiger partial charge in [-0.05, 0) is 18.8 Å². The number of nitrogens with one attached hydrogen (secondary N) is 1. The molecule has 1 N–H and O–H groups in total. The monoisotopic (exact) mass is 395 g/mol. The molecule has 2 saturated heterocycles. The van der Waals surface area contributed by atoms with Crippen molar-refractivity contribution in [2.24, 2.45) is 5.92 Å². The van der Waals surface area contributed by atoms with Crippen molar-refractivity contribution in [3.05, 3.63) is 18.4 Å². The Morgan fingerprint density at radius 3 is 2.78 bits per heavy atom. The molecule has 0 bridgehead atoms. The highest BCUT2D eigenvalue weighted by atomic mass is 35.5. The molecule has 8 nitrogen and oxygen atoms in total. The molecule has 2 aliphatic heterocycles. The number of carbonyl (C=O) groups is 3. The number of likely N-dealkylation sites (tertiary alicyclic amines) is 1. The normalized spacial score (nSPS) is 29.6. The molecular weight excluding hydrogens is 374 g/mol. The lowest BCUT2D eigenvalue weighted by Crippen LogP contribution is -2.55. The summed E-state index contributed by atoms with van der Waals surface area (Å²) < 4.78 is 10.5. The van der Waals surface area contributed by atoms with Gasteiger partial charge in [-0.1, -0.05) is 19.3 Å². The molecule has 4 rings (SSSR count). The van der Waals surface area contributed by atoms with Crippen LogP contribution < -0.4 is 5.32 Å². The number of amides is 2. The lowest BCUT2D eigenvalue weighted by atomic mass is 9.83. The van der Waals surface area contributed by atoms with Gasteiger partial charge in [0, 0.05) is 6.54 Å². The number of nitrogens with zero attached hydrogens (tertiary/aromatic N) is 2. The standard InChI is InChI=1S/C18H22ClN3O5/c19-11-7-22(15-12(23)8-26-16(11)15)18(25)14(10-4-2-1-3-5-10)21-17(24)13-6-20-9-27-13/h6,9-11,14-16H,1-5,7-8H2,(H,21,24)/t11-,14-,15+,16+/m0/s1. The Labute approximate surface area is 161 Å². The van der Waals surface area contributed by atoms with Gasteiger partial charge in [0.05, 0.1) is 11.6 Å². The van der Waals surface area contributed by atoms with Gasteiger partial charge in [-0.3, -0.25) is 14.4 Å². The van der Waals surface area contributed by atoms with E-state index in [0.717, 1.165) is 32.1 Å². The van der Waals surface area contributed by atoms with E-state index < -0.39 is 29.5 Å². The first-order valence-electron chi connectivity index (χ1n) is 9.34. The minimum absolute atomic E-state index is 0.0170. The van der Waals surface area contributed by atoms with Crippen LogP contribution in [-0.4, -0.2) is 64.2 Å². The molecule has 1 saturated carbocycles. The van der Waals surface area contributed by atoms with E-state index in [9.17, 15) is 14.4 Å². The molecule has 0 radical (unpaired) electrons. The zero-order valence-corrected chi connectivity index (χ0v) is 15.6. The van der Waals surface area contributed by atoms with Crippen LogP contribution in [0.1, 0.15) is 42.7 Å². The number of alkyl halides is 1. The van der Waals surface area contributed by atoms with Gasteiger partial charge in [-0.15, -0.1) is 11.6 Å². The molecule has 27 heavy (non-hydrogen) atoms. The molecule has 9 heteroatoms. The number of Topliss-reactive ketones (excluding diaryl/α,β-unsaturated/α-hetero) is 1. The fourth-order valence-electron chi connectivity index (χ4n) is 4.39. The second-order valence-corrected chi connectivity index (χ2v) is 7.97. The number of ether oxygens (including phenoxy) is 1. The number of fused-ring (bicyclic) bond motifs is 1. The number of halogens is 1. The number of ketones is 1. The third kappa shape index (κ3) is 3.48. The van der Waals surface area contributed by atoms with E-state index in [2.05, 4.69) is 10.3 Å². The van der Waals surface area contributed by atoms with E-state index in [1.54, 1.807) is 0 Å². The van der Waals surface area contributed by atoms with Gasteiger partial charge in [-0.2, -0.15) is 0 Å². The number of oxazole rings is 1. The largest absolute Gasteiger partial charge is 0.438 e. The predicted octanol–water partition coefficient (Wildman–Crippen LogP) is 1.14. The molecule has 1 aromatic heterocycles. The predicted molar refractivity (Wildman–Crippen MR) is 94.2 cm³/mol. The highest BCUT2D eigenvalue weighted by Gasteiger charge is 2.53. The summed E-state index contributed by atoms with van der Waals surface area (Å²) in [6, 6.07) is -1.38. The maximum absolute atomic E-state index is 13.4. The first kappa shape index (κ1) is 18.4. The van der Waals surface area contributed by atoms with Crippen LogP contribution in [0.4, 0.5) is 0 Å². The van der Waals surface area contributed by atoms with E-state index in [-0.39, 0.29) is 36.5 Å². The molecule has 1 aromatic rings. The number of hydrogen-bond acceptors (Lipinski definition) is 6. The Kier molecular flexibility index (Phi) is 5.19. The molecule has 3 aliphatic rings. The molecule has 0 spiro atoms. The average Bonchev–Trinajstić information content (AvgIpc) is 3.40. The lowest BCUT2D eigenvalue weighted by Gasteiger charge is -2.33. The highest BCUT2D eigenvalue weighted by Crippen LogP contribution is 2.33. The second-order valence-electron chi connectivity index (χ2n) is 7.41. The average molecular weight is 396 g/mol. The van der Waals surface area contributed by atoms with Gasteiger partial charge in [0.2, 0.25) is 11.7 Å². The molecule has 1 aliphatic carbocycles. The van der Waals surface area contributed by atoms with Gasteiger partial charge >= 0.3 is 0 Å². The van der Waals surface area contributed by atoms with E-state index in [4.69, 9.17) is 20.8 Å². The summed E-state index contributed by atoms with van der Waals surface area (Å²) in [5.74, 6) is -0.822. The zero-order chi connectivity index (χ0) is 19.0. The Hall–Kier alpha value is -1.93. The number of rotatable bonds is 4. The smallest absolute Gasteiger partial charge is 0.289 e. The van der Waals surface area contributed by atoms with Crippen molar-refractivity contribution in [1.82, 2.24) is 15.2 Å². The van der Waals surface area contributed by atoms with E-state index >= 15 is 0 Å². The highest BCUT2D eigenvalue weighted by molar-refractivity contribution is 6.22. The number of carbonyl (C=O) groups excluding carboxylic acids is 3. The summed E-state index contributed by atoms with van der Waals surface area (Å²) in [7, 11) is 0. The van der Waals surface area contributed by atoms with Crippen LogP contribution in [0.25, 0.3) is 0 Å². The molecule has 146 valence electrons. The first-order valence-corrected chi connectivity index (χ1v) is 9.78. The van der Waals surface area contributed by atoms with Crippen molar-refractivity contribution in [3.8, 4) is 0 Å². The minimum Gasteiger partial charge on any atom is -0.438 e. The fourth-order valence-corrected chi connectivity index (χ4v) is 4.75. The molecule has 0 unspecified atom stereocenters. The summed E-state index contributed by atoms with van der Waals surface area (Å²) in [5, 5.41) is 2.39. The third-order valence-corrected chi connectivity index (χ3v) is 6.12. The Morgan fingerprint density at radius 1 is 1.30 bits per heavy atom. The molecule has 3 heterocycles. The van der Waals surface area contributed by atoms with Crippen LogP contribution >= 0.6 is 11.6 Å². The van der Waals surface area contributed by atoms with Crippen molar-refractivity contribution < 1.29 is 23.5 Å². The van der Waals surface area contributed by atoms with Crippen molar-refractivity contribution in [2.45, 2.75) is 55.7 Å². The van der Waals surface area contributed by atoms with Crippen LogP contribution in [-0.2, 0) is 14.3 Å². The lowest BCUT2D eigenvalue weighted by molar-refractivity contribution is -0.139. The van der Waals surface area contributed by atoms with Gasteiger partial charge < -0.3 is 19.4 Å². The van der Waals surface area contributed by atoms with Crippen LogP contribution in [0.3, 0.4) is 0 Å². The van der Waals surface area contributed by atoms with Gasteiger partial charge in [0.25, 0.3) is 5.91 Å². The second kappa shape index (κ2) is 7.59. The van der Waals surface area contributed by atoms with Crippen molar-refractivity contribution in [3.63, 3.8) is 0 Å². The quantitative estimate of drug-likeness (QED) is 0.767. The van der Waals surface area contributed by atoms with Crippen LogP contribution in [0.15, 0.2) is 17.0 Å².